The number of benzene rings is 1. The highest BCUT2D eigenvalue weighted by atomic mass is 16.4. The highest BCUT2D eigenvalue weighted by Crippen LogP contribution is 2.34. The summed E-state index contributed by atoms with van der Waals surface area (Å²) in [6.45, 7) is 1.63. The Bertz CT molecular complexity index is 402. The molecule has 3 N–H and O–H groups in total. The van der Waals surface area contributed by atoms with Crippen molar-refractivity contribution in [3.05, 3.63) is 23.8 Å². The van der Waals surface area contributed by atoms with Gasteiger partial charge in [0.25, 0.3) is 0 Å². The van der Waals surface area contributed by atoms with Gasteiger partial charge in [0, 0.05) is 12.1 Å². The Morgan fingerprint density at radius 2 is 2.29 bits per heavy atom. The summed E-state index contributed by atoms with van der Waals surface area (Å²) < 4.78 is 0. The Kier molecular flexibility index (Phi) is 1.67. The van der Waals surface area contributed by atoms with Crippen molar-refractivity contribution in [1.29, 1.82) is 0 Å². The van der Waals surface area contributed by atoms with Crippen molar-refractivity contribution in [2.45, 2.75) is 18.9 Å². The van der Waals surface area contributed by atoms with E-state index in [1.54, 1.807) is 25.1 Å². The molecule has 1 aliphatic heterocycles. The van der Waals surface area contributed by atoms with E-state index in [0.29, 0.717) is 6.42 Å². The molecular formula is C10H11NO3. The van der Waals surface area contributed by atoms with Crippen LogP contribution >= 0.6 is 0 Å². The average Bonchev–Trinajstić information content (AvgIpc) is 2.42. The number of hydrogen-bond donors (Lipinski definition) is 3. The van der Waals surface area contributed by atoms with Gasteiger partial charge in [-0.05, 0) is 30.7 Å². The van der Waals surface area contributed by atoms with Crippen LogP contribution < -0.4 is 5.32 Å². The summed E-state index contributed by atoms with van der Waals surface area (Å²) in [4.78, 5) is 11.0. The number of fused-ring (bicyclic) bond motifs is 1. The van der Waals surface area contributed by atoms with Crippen molar-refractivity contribution in [3.63, 3.8) is 0 Å². The standard InChI is InChI=1S/C10H11NO3/c1-10(9(13)14)5-6-4-7(12)2-3-8(6)11-10/h2-4,11-12H,5H2,1H3,(H,13,14). The zero-order chi connectivity index (χ0) is 10.3. The number of nitrogens with one attached hydrogen (secondary N) is 1. The third kappa shape index (κ3) is 1.19. The zero-order valence-electron chi connectivity index (χ0n) is 7.74. The molecule has 2 rings (SSSR count). The van der Waals surface area contributed by atoms with Crippen LogP contribution in [0.4, 0.5) is 5.69 Å². The van der Waals surface area contributed by atoms with Crippen LogP contribution in [0.2, 0.25) is 0 Å². The van der Waals surface area contributed by atoms with E-state index in [1.165, 1.54) is 0 Å². The first kappa shape index (κ1) is 8.87. The van der Waals surface area contributed by atoms with E-state index in [2.05, 4.69) is 5.32 Å². The van der Waals surface area contributed by atoms with Crippen molar-refractivity contribution in [2.24, 2.45) is 0 Å². The van der Waals surface area contributed by atoms with Crippen molar-refractivity contribution in [1.82, 2.24) is 0 Å². The van der Waals surface area contributed by atoms with Crippen molar-refractivity contribution < 1.29 is 15.0 Å². The lowest BCUT2D eigenvalue weighted by atomic mass is 9.98. The lowest BCUT2D eigenvalue weighted by Gasteiger charge is -2.18. The van der Waals surface area contributed by atoms with E-state index in [0.717, 1.165) is 11.3 Å². The Morgan fingerprint density at radius 3 is 2.93 bits per heavy atom. The van der Waals surface area contributed by atoms with Crippen LogP contribution in [0.25, 0.3) is 0 Å². The molecule has 4 nitrogen and oxygen atoms in total. The molecule has 1 heterocycles. The van der Waals surface area contributed by atoms with E-state index in [4.69, 9.17) is 5.11 Å². The molecule has 0 aliphatic carbocycles. The maximum atomic E-state index is 11.0. The lowest BCUT2D eigenvalue weighted by molar-refractivity contribution is -0.141. The van der Waals surface area contributed by atoms with Crippen LogP contribution in [0.1, 0.15) is 12.5 Å². The quantitative estimate of drug-likeness (QED) is 0.586. The molecule has 0 fully saturated rings. The van der Waals surface area contributed by atoms with Gasteiger partial charge in [0.15, 0.2) is 0 Å². The summed E-state index contributed by atoms with van der Waals surface area (Å²) in [7, 11) is 0. The van der Waals surface area contributed by atoms with Crippen LogP contribution in [0.5, 0.6) is 5.75 Å². The van der Waals surface area contributed by atoms with E-state index in [9.17, 15) is 9.90 Å². The highest BCUT2D eigenvalue weighted by Gasteiger charge is 2.39. The number of carbonyl (C=O) groups is 1. The van der Waals surface area contributed by atoms with Crippen LogP contribution in [0, 0.1) is 0 Å². The number of hydrogen-bond acceptors (Lipinski definition) is 3. The summed E-state index contributed by atoms with van der Waals surface area (Å²) in [5, 5.41) is 21.1. The van der Waals surface area contributed by atoms with Gasteiger partial charge in [-0.15, -0.1) is 0 Å². The number of phenolic OH excluding ortho intramolecular Hbond substituents is 1. The van der Waals surface area contributed by atoms with Gasteiger partial charge in [-0.25, -0.2) is 4.79 Å². The number of carboxylic acids is 1. The molecule has 74 valence electrons. The fourth-order valence-electron chi connectivity index (χ4n) is 1.70. The van der Waals surface area contributed by atoms with Gasteiger partial charge in [-0.2, -0.15) is 0 Å². The normalized spacial score (nSPS) is 24.1. The minimum atomic E-state index is -0.948. The Morgan fingerprint density at radius 1 is 1.57 bits per heavy atom. The van der Waals surface area contributed by atoms with Gasteiger partial charge in [-0.3, -0.25) is 0 Å². The molecule has 0 bridgehead atoms. The smallest absolute Gasteiger partial charge is 0.329 e. The molecule has 1 aliphatic rings. The number of anilines is 1. The molecule has 0 saturated heterocycles. The van der Waals surface area contributed by atoms with Crippen LogP contribution in [0.3, 0.4) is 0 Å². The Balaban J connectivity index is 2.39. The number of aliphatic carboxylic acids is 1. The first-order valence-electron chi connectivity index (χ1n) is 4.35. The molecule has 1 aromatic rings. The number of rotatable bonds is 1. The first-order valence-corrected chi connectivity index (χ1v) is 4.35. The molecular weight excluding hydrogens is 182 g/mol. The summed E-state index contributed by atoms with van der Waals surface area (Å²) in [6, 6.07) is 4.83. The molecule has 1 atom stereocenters. The minimum absolute atomic E-state index is 0.167. The Labute approximate surface area is 81.2 Å². The first-order chi connectivity index (χ1) is 6.51. The molecule has 0 saturated carbocycles. The lowest BCUT2D eigenvalue weighted by Crippen LogP contribution is -2.41. The predicted molar refractivity (Wildman–Crippen MR) is 51.5 cm³/mol. The molecule has 0 spiro atoms. The second-order valence-corrected chi connectivity index (χ2v) is 3.78. The van der Waals surface area contributed by atoms with Crippen LogP contribution in [-0.2, 0) is 11.2 Å². The van der Waals surface area contributed by atoms with Crippen LogP contribution in [0.15, 0.2) is 18.2 Å². The number of carboxylic acid groups (broad SMARTS) is 1. The summed E-state index contributed by atoms with van der Waals surface area (Å²) in [6.07, 6.45) is 0.395. The fourth-order valence-corrected chi connectivity index (χ4v) is 1.70. The van der Waals surface area contributed by atoms with E-state index >= 15 is 0 Å². The average molecular weight is 193 g/mol. The van der Waals surface area contributed by atoms with E-state index < -0.39 is 11.5 Å². The maximum Gasteiger partial charge on any atom is 0.329 e. The molecule has 0 radical (unpaired) electrons. The van der Waals surface area contributed by atoms with E-state index in [-0.39, 0.29) is 5.75 Å². The maximum absolute atomic E-state index is 11.0. The monoisotopic (exact) mass is 193 g/mol. The van der Waals surface area contributed by atoms with E-state index in [1.807, 2.05) is 0 Å². The topological polar surface area (TPSA) is 69.6 Å². The minimum Gasteiger partial charge on any atom is -0.508 e. The molecule has 14 heavy (non-hydrogen) atoms. The molecule has 0 amide bonds. The second-order valence-electron chi connectivity index (χ2n) is 3.78. The third-order valence-corrected chi connectivity index (χ3v) is 2.52. The van der Waals surface area contributed by atoms with Gasteiger partial charge in [0.1, 0.15) is 11.3 Å². The van der Waals surface area contributed by atoms with Gasteiger partial charge in [0.2, 0.25) is 0 Å². The molecule has 1 unspecified atom stereocenters. The largest absolute Gasteiger partial charge is 0.508 e. The van der Waals surface area contributed by atoms with Crippen molar-refractivity contribution in [3.8, 4) is 5.75 Å². The van der Waals surface area contributed by atoms with Crippen molar-refractivity contribution >= 4 is 11.7 Å². The van der Waals surface area contributed by atoms with Crippen LogP contribution in [-0.4, -0.2) is 21.7 Å². The highest BCUT2D eigenvalue weighted by molar-refractivity contribution is 5.86. The van der Waals surface area contributed by atoms with Gasteiger partial charge in [0.05, 0.1) is 0 Å². The zero-order valence-corrected chi connectivity index (χ0v) is 7.74. The number of aromatic hydroxyl groups is 1. The molecule has 0 aromatic heterocycles. The summed E-state index contributed by atoms with van der Waals surface area (Å²) >= 11 is 0. The van der Waals surface area contributed by atoms with Gasteiger partial charge in [-0.1, -0.05) is 0 Å². The molecule has 1 aromatic carbocycles. The van der Waals surface area contributed by atoms with Gasteiger partial charge >= 0.3 is 5.97 Å². The predicted octanol–water partition coefficient (Wildman–Crippen LogP) is 1.20. The fraction of sp³-hybridized carbons (Fsp3) is 0.300. The summed E-state index contributed by atoms with van der Waals surface area (Å²) in [5.41, 5.74) is 0.679. The third-order valence-electron chi connectivity index (χ3n) is 2.52. The Hall–Kier alpha value is -1.71. The van der Waals surface area contributed by atoms with Gasteiger partial charge < -0.3 is 15.5 Å². The molecule has 4 heteroatoms. The van der Waals surface area contributed by atoms with Crippen molar-refractivity contribution in [2.75, 3.05) is 5.32 Å². The number of phenols is 1. The SMILES string of the molecule is CC1(C(=O)O)Cc2cc(O)ccc2N1. The summed E-state index contributed by atoms with van der Waals surface area (Å²) in [5.74, 6) is -0.714. The second kappa shape index (κ2) is 2.64.